The Morgan fingerprint density at radius 1 is 0.958 bits per heavy atom. The van der Waals surface area contributed by atoms with Gasteiger partial charge in [0.05, 0.1) is 11.0 Å². The molecule has 4 rings (SSSR count). The Balaban J connectivity index is 2.01. The van der Waals surface area contributed by atoms with Crippen LogP contribution in [0.5, 0.6) is 0 Å². The second-order valence-corrected chi connectivity index (χ2v) is 6.78. The van der Waals surface area contributed by atoms with Crippen molar-refractivity contribution in [3.8, 4) is 0 Å². The Morgan fingerprint density at radius 2 is 1.67 bits per heavy atom. The number of aromatic nitrogens is 2. The minimum atomic E-state index is 0.993. The van der Waals surface area contributed by atoms with E-state index in [0.29, 0.717) is 0 Å². The summed E-state index contributed by atoms with van der Waals surface area (Å²) in [6, 6.07) is 17.2. The number of hydrogen-bond acceptors (Lipinski definition) is 2. The van der Waals surface area contributed by atoms with Crippen molar-refractivity contribution in [2.45, 2.75) is 19.9 Å². The van der Waals surface area contributed by atoms with Crippen LogP contribution in [0.2, 0.25) is 0 Å². The Morgan fingerprint density at radius 3 is 2.46 bits per heavy atom. The predicted molar refractivity (Wildman–Crippen MR) is 103 cm³/mol. The van der Waals surface area contributed by atoms with Gasteiger partial charge in [0.1, 0.15) is 5.65 Å². The Labute approximate surface area is 142 Å². The molecule has 0 saturated carbocycles. The third-order valence-electron chi connectivity index (χ3n) is 4.84. The van der Waals surface area contributed by atoms with Crippen molar-refractivity contribution < 1.29 is 0 Å². The van der Waals surface area contributed by atoms with Crippen molar-refractivity contribution in [3.05, 3.63) is 54.1 Å². The third kappa shape index (κ3) is 2.36. The zero-order chi connectivity index (χ0) is 16.7. The minimum Gasteiger partial charge on any atom is -0.325 e. The molecule has 2 heterocycles. The Hall–Kier alpha value is -2.39. The van der Waals surface area contributed by atoms with Crippen LogP contribution in [0, 0.1) is 6.92 Å². The topological polar surface area (TPSA) is 21.1 Å². The molecule has 0 radical (unpaired) electrons. The van der Waals surface area contributed by atoms with Crippen molar-refractivity contribution in [2.75, 3.05) is 20.6 Å². The van der Waals surface area contributed by atoms with Crippen LogP contribution in [0.3, 0.4) is 0 Å². The molecule has 0 fully saturated rings. The summed E-state index contributed by atoms with van der Waals surface area (Å²) < 4.78 is 2.40. The van der Waals surface area contributed by atoms with E-state index >= 15 is 0 Å². The molecule has 2 aromatic carbocycles. The number of nitrogens with zero attached hydrogens (tertiary/aromatic N) is 3. The molecule has 0 saturated heterocycles. The summed E-state index contributed by atoms with van der Waals surface area (Å²) >= 11 is 0. The molecule has 24 heavy (non-hydrogen) atoms. The molecule has 0 N–H and O–H groups in total. The summed E-state index contributed by atoms with van der Waals surface area (Å²) in [7, 11) is 4.25. The maximum atomic E-state index is 5.02. The zero-order valence-corrected chi connectivity index (χ0v) is 14.6. The molecule has 0 spiro atoms. The van der Waals surface area contributed by atoms with Crippen molar-refractivity contribution in [1.29, 1.82) is 0 Å². The van der Waals surface area contributed by atoms with E-state index in [9.17, 15) is 0 Å². The predicted octanol–water partition coefficient (Wildman–Crippen LogP) is 4.60. The molecule has 0 aliphatic rings. The van der Waals surface area contributed by atoms with Crippen LogP contribution in [0.1, 0.15) is 12.0 Å². The van der Waals surface area contributed by atoms with E-state index in [4.69, 9.17) is 4.98 Å². The Bertz CT molecular complexity index is 1030. The van der Waals surface area contributed by atoms with Crippen LogP contribution in [-0.4, -0.2) is 35.1 Å². The van der Waals surface area contributed by atoms with Crippen molar-refractivity contribution in [1.82, 2.24) is 14.5 Å². The minimum absolute atomic E-state index is 0.993. The quantitative estimate of drug-likeness (QED) is 0.548. The van der Waals surface area contributed by atoms with Crippen molar-refractivity contribution >= 4 is 32.8 Å². The van der Waals surface area contributed by atoms with Gasteiger partial charge in [-0.3, -0.25) is 0 Å². The van der Waals surface area contributed by atoms with Gasteiger partial charge in [0.2, 0.25) is 0 Å². The van der Waals surface area contributed by atoms with Crippen LogP contribution < -0.4 is 0 Å². The van der Waals surface area contributed by atoms with Gasteiger partial charge in [-0.25, -0.2) is 4.98 Å². The largest absolute Gasteiger partial charge is 0.325 e. The number of fused-ring (bicyclic) bond motifs is 4. The van der Waals surface area contributed by atoms with Crippen LogP contribution in [0.15, 0.2) is 48.5 Å². The fraction of sp³-hybridized carbons (Fsp3) is 0.286. The highest BCUT2D eigenvalue weighted by Crippen LogP contribution is 2.33. The van der Waals surface area contributed by atoms with Crippen LogP contribution in [-0.2, 0) is 6.54 Å². The van der Waals surface area contributed by atoms with Crippen LogP contribution in [0.4, 0.5) is 0 Å². The highest BCUT2D eigenvalue weighted by atomic mass is 15.1. The summed E-state index contributed by atoms with van der Waals surface area (Å²) in [6.07, 6.45) is 1.12. The highest BCUT2D eigenvalue weighted by Gasteiger charge is 2.15. The number of pyridine rings is 1. The van der Waals surface area contributed by atoms with Gasteiger partial charge in [0, 0.05) is 22.7 Å². The highest BCUT2D eigenvalue weighted by molar-refractivity contribution is 6.12. The second-order valence-electron chi connectivity index (χ2n) is 6.78. The van der Waals surface area contributed by atoms with Gasteiger partial charge in [-0.15, -0.1) is 0 Å². The zero-order valence-electron chi connectivity index (χ0n) is 14.6. The van der Waals surface area contributed by atoms with Gasteiger partial charge in [-0.1, -0.05) is 36.4 Å². The lowest BCUT2D eigenvalue weighted by atomic mass is 10.0. The standard InChI is InChI=1S/C21H23N3/c1-15-16-9-4-6-11-18(16)22-21-20(15)17-10-5-7-12-19(17)24(21)14-8-13-23(2)3/h4-7,9-12H,8,13-14H2,1-3H3. The lowest BCUT2D eigenvalue weighted by Crippen LogP contribution is -2.15. The fourth-order valence-corrected chi connectivity index (χ4v) is 3.68. The van der Waals surface area contributed by atoms with E-state index in [1.807, 2.05) is 0 Å². The summed E-state index contributed by atoms with van der Waals surface area (Å²) in [5.74, 6) is 0. The molecule has 0 bridgehead atoms. The van der Waals surface area contributed by atoms with E-state index < -0.39 is 0 Å². The van der Waals surface area contributed by atoms with Crippen LogP contribution in [0.25, 0.3) is 32.8 Å². The first kappa shape index (κ1) is 15.2. The average Bonchev–Trinajstić information content (AvgIpc) is 2.89. The van der Waals surface area contributed by atoms with E-state index in [1.54, 1.807) is 0 Å². The number of benzene rings is 2. The van der Waals surface area contributed by atoms with E-state index in [0.717, 1.165) is 30.7 Å². The van der Waals surface area contributed by atoms with Gasteiger partial charge < -0.3 is 9.47 Å². The van der Waals surface area contributed by atoms with Gasteiger partial charge in [0.25, 0.3) is 0 Å². The van der Waals surface area contributed by atoms with Gasteiger partial charge in [-0.2, -0.15) is 0 Å². The molecule has 3 nitrogen and oxygen atoms in total. The molecular weight excluding hydrogens is 294 g/mol. The van der Waals surface area contributed by atoms with Crippen molar-refractivity contribution in [2.24, 2.45) is 0 Å². The number of aryl methyl sites for hydroxylation is 2. The fourth-order valence-electron chi connectivity index (χ4n) is 3.68. The number of rotatable bonds is 4. The van der Waals surface area contributed by atoms with E-state index in [1.165, 1.54) is 27.2 Å². The summed E-state index contributed by atoms with van der Waals surface area (Å²) in [5, 5.41) is 3.86. The lowest BCUT2D eigenvalue weighted by Gasteiger charge is -2.11. The SMILES string of the molecule is Cc1c2ccccc2nc2c1c1ccccc1n2CCCN(C)C. The maximum absolute atomic E-state index is 5.02. The molecular formula is C21H23N3. The average molecular weight is 317 g/mol. The first-order valence-corrected chi connectivity index (χ1v) is 8.58. The number of hydrogen-bond donors (Lipinski definition) is 0. The van der Waals surface area contributed by atoms with Crippen LogP contribution >= 0.6 is 0 Å². The monoisotopic (exact) mass is 317 g/mol. The second kappa shape index (κ2) is 5.91. The molecule has 0 amide bonds. The third-order valence-corrected chi connectivity index (χ3v) is 4.84. The first-order chi connectivity index (χ1) is 11.7. The molecule has 3 heteroatoms. The van der Waals surface area contributed by atoms with E-state index in [2.05, 4.69) is 79.0 Å². The lowest BCUT2D eigenvalue weighted by molar-refractivity contribution is 0.389. The summed E-state index contributed by atoms with van der Waals surface area (Å²) in [4.78, 5) is 7.26. The van der Waals surface area contributed by atoms with E-state index in [-0.39, 0.29) is 0 Å². The molecule has 0 aliphatic heterocycles. The Kier molecular flexibility index (Phi) is 3.73. The summed E-state index contributed by atoms with van der Waals surface area (Å²) in [6.45, 7) is 4.30. The molecule has 0 unspecified atom stereocenters. The molecule has 122 valence electrons. The first-order valence-electron chi connectivity index (χ1n) is 8.58. The maximum Gasteiger partial charge on any atom is 0.141 e. The van der Waals surface area contributed by atoms with Crippen molar-refractivity contribution in [3.63, 3.8) is 0 Å². The van der Waals surface area contributed by atoms with Gasteiger partial charge in [-0.05, 0) is 51.7 Å². The molecule has 0 aliphatic carbocycles. The molecule has 4 aromatic rings. The number of para-hydroxylation sites is 2. The van der Waals surface area contributed by atoms with Gasteiger partial charge in [0.15, 0.2) is 0 Å². The molecule has 2 aromatic heterocycles. The smallest absolute Gasteiger partial charge is 0.141 e. The molecule has 0 atom stereocenters. The normalized spacial score (nSPS) is 12.0. The summed E-state index contributed by atoms with van der Waals surface area (Å²) in [5.41, 5.74) is 4.82. The van der Waals surface area contributed by atoms with Gasteiger partial charge >= 0.3 is 0 Å².